The Morgan fingerprint density at radius 1 is 1.25 bits per heavy atom. The SMILES string of the molecule is CCn1c(=O)c(C(=O)Nc2ccccc2OC)cc2cccnc21. The number of nitrogens with zero attached hydrogens (tertiary/aromatic N) is 2. The fourth-order valence-electron chi connectivity index (χ4n) is 2.60. The predicted molar refractivity (Wildman–Crippen MR) is 92.6 cm³/mol. The smallest absolute Gasteiger partial charge is 0.265 e. The number of amides is 1. The van der Waals surface area contributed by atoms with Gasteiger partial charge in [-0.3, -0.25) is 14.2 Å². The molecule has 6 heteroatoms. The van der Waals surface area contributed by atoms with Crippen LogP contribution in [0, 0.1) is 0 Å². The highest BCUT2D eigenvalue weighted by Crippen LogP contribution is 2.23. The van der Waals surface area contributed by atoms with Gasteiger partial charge in [-0.25, -0.2) is 4.98 Å². The highest BCUT2D eigenvalue weighted by Gasteiger charge is 2.17. The van der Waals surface area contributed by atoms with Crippen molar-refractivity contribution >= 4 is 22.6 Å². The number of hydrogen-bond donors (Lipinski definition) is 1. The number of pyridine rings is 2. The molecule has 2 heterocycles. The zero-order valence-electron chi connectivity index (χ0n) is 13.4. The quantitative estimate of drug-likeness (QED) is 0.801. The third-order valence-electron chi connectivity index (χ3n) is 3.76. The first-order valence-electron chi connectivity index (χ1n) is 7.58. The summed E-state index contributed by atoms with van der Waals surface area (Å²) in [5.74, 6) is 0.0570. The van der Waals surface area contributed by atoms with Crippen LogP contribution < -0.4 is 15.6 Å². The van der Waals surface area contributed by atoms with Gasteiger partial charge < -0.3 is 10.1 Å². The molecule has 3 aromatic rings. The lowest BCUT2D eigenvalue weighted by molar-refractivity contribution is 0.102. The number of hydrogen-bond acceptors (Lipinski definition) is 4. The Labute approximate surface area is 138 Å². The van der Waals surface area contributed by atoms with Crippen molar-refractivity contribution in [1.29, 1.82) is 0 Å². The molecule has 122 valence electrons. The van der Waals surface area contributed by atoms with E-state index in [1.807, 2.05) is 13.0 Å². The van der Waals surface area contributed by atoms with Gasteiger partial charge >= 0.3 is 0 Å². The molecule has 3 rings (SSSR count). The van der Waals surface area contributed by atoms with Crippen molar-refractivity contribution in [1.82, 2.24) is 9.55 Å². The summed E-state index contributed by atoms with van der Waals surface area (Å²) < 4.78 is 6.71. The molecule has 0 aliphatic heterocycles. The topological polar surface area (TPSA) is 73.2 Å². The molecule has 24 heavy (non-hydrogen) atoms. The van der Waals surface area contributed by atoms with E-state index >= 15 is 0 Å². The van der Waals surface area contributed by atoms with Crippen LogP contribution in [0.3, 0.4) is 0 Å². The molecule has 0 atom stereocenters. The van der Waals surface area contributed by atoms with Gasteiger partial charge in [0.25, 0.3) is 11.5 Å². The number of ether oxygens (including phenoxy) is 1. The fourth-order valence-corrected chi connectivity index (χ4v) is 2.60. The zero-order chi connectivity index (χ0) is 17.1. The van der Waals surface area contributed by atoms with Gasteiger partial charge in [-0.1, -0.05) is 12.1 Å². The Hall–Kier alpha value is -3.15. The molecule has 1 amide bonds. The Kier molecular flexibility index (Phi) is 4.29. The number of aromatic nitrogens is 2. The average Bonchev–Trinajstić information content (AvgIpc) is 2.61. The van der Waals surface area contributed by atoms with E-state index in [1.54, 1.807) is 42.6 Å². The summed E-state index contributed by atoms with van der Waals surface area (Å²) in [6.45, 7) is 2.28. The second-order valence-electron chi connectivity index (χ2n) is 5.18. The molecule has 6 nitrogen and oxygen atoms in total. The van der Waals surface area contributed by atoms with E-state index in [-0.39, 0.29) is 11.1 Å². The van der Waals surface area contributed by atoms with E-state index in [0.29, 0.717) is 23.6 Å². The van der Waals surface area contributed by atoms with Gasteiger partial charge in [-0.05, 0) is 37.3 Å². The molecule has 0 fully saturated rings. The van der Waals surface area contributed by atoms with Crippen molar-refractivity contribution in [3.63, 3.8) is 0 Å². The van der Waals surface area contributed by atoms with E-state index in [0.717, 1.165) is 5.39 Å². The van der Waals surface area contributed by atoms with Crippen molar-refractivity contribution in [2.75, 3.05) is 12.4 Å². The van der Waals surface area contributed by atoms with Crippen LogP contribution in [0.5, 0.6) is 5.75 Å². The number of anilines is 1. The molecule has 1 N–H and O–H groups in total. The minimum atomic E-state index is -0.475. The molecule has 0 saturated carbocycles. The maximum atomic E-state index is 12.6. The lowest BCUT2D eigenvalue weighted by Gasteiger charge is -2.12. The van der Waals surface area contributed by atoms with Crippen LogP contribution in [0.2, 0.25) is 0 Å². The summed E-state index contributed by atoms with van der Waals surface area (Å²) >= 11 is 0. The van der Waals surface area contributed by atoms with Gasteiger partial charge in [0.1, 0.15) is 17.0 Å². The normalized spacial score (nSPS) is 10.6. The van der Waals surface area contributed by atoms with E-state index in [4.69, 9.17) is 4.74 Å². The number of aryl methyl sites for hydroxylation is 1. The van der Waals surface area contributed by atoms with E-state index in [9.17, 15) is 9.59 Å². The molecule has 0 aliphatic carbocycles. The zero-order valence-corrected chi connectivity index (χ0v) is 13.4. The summed E-state index contributed by atoms with van der Waals surface area (Å²) in [6, 6.07) is 12.2. The summed E-state index contributed by atoms with van der Waals surface area (Å²) in [5.41, 5.74) is 0.789. The summed E-state index contributed by atoms with van der Waals surface area (Å²) in [7, 11) is 1.52. The van der Waals surface area contributed by atoms with Crippen molar-refractivity contribution in [2.45, 2.75) is 13.5 Å². The molecular formula is C18H17N3O3. The highest BCUT2D eigenvalue weighted by molar-refractivity contribution is 6.06. The van der Waals surface area contributed by atoms with Gasteiger partial charge in [-0.2, -0.15) is 0 Å². The summed E-state index contributed by atoms with van der Waals surface area (Å²) in [4.78, 5) is 29.5. The minimum absolute atomic E-state index is 0.0725. The number of fused-ring (bicyclic) bond motifs is 1. The number of benzene rings is 1. The largest absolute Gasteiger partial charge is 0.495 e. The molecule has 0 saturated heterocycles. The molecule has 2 aromatic heterocycles. The minimum Gasteiger partial charge on any atom is -0.495 e. The fraction of sp³-hybridized carbons (Fsp3) is 0.167. The Morgan fingerprint density at radius 2 is 2.04 bits per heavy atom. The first-order valence-corrected chi connectivity index (χ1v) is 7.58. The van der Waals surface area contributed by atoms with Gasteiger partial charge in [0.15, 0.2) is 0 Å². The Morgan fingerprint density at radius 3 is 2.79 bits per heavy atom. The maximum absolute atomic E-state index is 12.6. The number of carbonyl (C=O) groups is 1. The second-order valence-corrected chi connectivity index (χ2v) is 5.18. The van der Waals surface area contributed by atoms with Crippen LogP contribution in [0.4, 0.5) is 5.69 Å². The third-order valence-corrected chi connectivity index (χ3v) is 3.76. The standard InChI is InChI=1S/C18H17N3O3/c1-3-21-16-12(7-6-10-19-16)11-13(18(21)23)17(22)20-14-8-4-5-9-15(14)24-2/h4-11H,3H2,1-2H3,(H,20,22). The number of para-hydroxylation sites is 2. The van der Waals surface area contributed by atoms with Crippen molar-refractivity contribution < 1.29 is 9.53 Å². The van der Waals surface area contributed by atoms with E-state index < -0.39 is 5.91 Å². The van der Waals surface area contributed by atoms with E-state index in [1.165, 1.54) is 11.7 Å². The van der Waals surface area contributed by atoms with Gasteiger partial charge in [0, 0.05) is 18.1 Å². The Bertz CT molecular complexity index is 963. The molecule has 0 bridgehead atoms. The van der Waals surface area contributed by atoms with Gasteiger partial charge in [0.2, 0.25) is 0 Å². The molecule has 0 aliphatic rings. The molecule has 0 unspecified atom stereocenters. The maximum Gasteiger partial charge on any atom is 0.265 e. The monoisotopic (exact) mass is 323 g/mol. The number of methoxy groups -OCH3 is 1. The molecule has 0 spiro atoms. The van der Waals surface area contributed by atoms with Crippen LogP contribution in [0.15, 0.2) is 53.5 Å². The lowest BCUT2D eigenvalue weighted by Crippen LogP contribution is -2.29. The van der Waals surface area contributed by atoms with Gasteiger partial charge in [-0.15, -0.1) is 0 Å². The van der Waals surface area contributed by atoms with Gasteiger partial charge in [0.05, 0.1) is 12.8 Å². The van der Waals surface area contributed by atoms with Crippen molar-refractivity contribution in [2.24, 2.45) is 0 Å². The predicted octanol–water partition coefficient (Wildman–Crippen LogP) is 2.68. The van der Waals surface area contributed by atoms with E-state index in [2.05, 4.69) is 10.3 Å². The number of carbonyl (C=O) groups excluding carboxylic acids is 1. The van der Waals surface area contributed by atoms with Crippen LogP contribution in [0.1, 0.15) is 17.3 Å². The molecule has 1 aromatic carbocycles. The summed E-state index contributed by atoms with van der Waals surface area (Å²) in [5, 5.41) is 3.48. The Balaban J connectivity index is 2.07. The van der Waals surface area contributed by atoms with Crippen LogP contribution in [-0.2, 0) is 6.54 Å². The van der Waals surface area contributed by atoms with Crippen LogP contribution in [-0.4, -0.2) is 22.6 Å². The molecule has 0 radical (unpaired) electrons. The van der Waals surface area contributed by atoms with Crippen molar-refractivity contribution in [3.05, 3.63) is 64.6 Å². The lowest BCUT2D eigenvalue weighted by atomic mass is 10.2. The second kappa shape index (κ2) is 6.54. The first-order chi connectivity index (χ1) is 11.7. The van der Waals surface area contributed by atoms with Crippen molar-refractivity contribution in [3.8, 4) is 5.75 Å². The van der Waals surface area contributed by atoms with Crippen LogP contribution in [0.25, 0.3) is 11.0 Å². The summed E-state index contributed by atoms with van der Waals surface area (Å²) in [6.07, 6.45) is 1.63. The average molecular weight is 323 g/mol. The van der Waals surface area contributed by atoms with Crippen LogP contribution >= 0.6 is 0 Å². The number of rotatable bonds is 4. The third kappa shape index (κ3) is 2.74. The number of nitrogens with one attached hydrogen (secondary N) is 1. The molecular weight excluding hydrogens is 306 g/mol. The first kappa shape index (κ1) is 15.7. The highest BCUT2D eigenvalue weighted by atomic mass is 16.5.